The number of aromatic nitrogens is 2. The van der Waals surface area contributed by atoms with Crippen molar-refractivity contribution in [2.75, 3.05) is 0 Å². The van der Waals surface area contributed by atoms with Gasteiger partial charge < -0.3 is 4.57 Å². The van der Waals surface area contributed by atoms with E-state index in [1.54, 1.807) is 0 Å². The lowest BCUT2D eigenvalue weighted by Gasteiger charge is -2.19. The van der Waals surface area contributed by atoms with Crippen molar-refractivity contribution in [1.29, 1.82) is 0 Å². The average molecular weight is 264 g/mol. The van der Waals surface area contributed by atoms with Gasteiger partial charge in [0.25, 0.3) is 0 Å². The summed E-state index contributed by atoms with van der Waals surface area (Å²) < 4.78 is 2.29. The van der Waals surface area contributed by atoms with E-state index in [2.05, 4.69) is 72.9 Å². The van der Waals surface area contributed by atoms with Crippen LogP contribution in [0.4, 0.5) is 0 Å². The van der Waals surface area contributed by atoms with Gasteiger partial charge in [-0.3, -0.25) is 4.98 Å². The van der Waals surface area contributed by atoms with Gasteiger partial charge >= 0.3 is 0 Å². The Morgan fingerprint density at radius 1 is 1.00 bits per heavy atom. The lowest BCUT2D eigenvalue weighted by molar-refractivity contribution is 0.591. The van der Waals surface area contributed by atoms with E-state index in [-0.39, 0.29) is 5.41 Å². The maximum absolute atomic E-state index is 4.07. The van der Waals surface area contributed by atoms with Gasteiger partial charge in [-0.05, 0) is 52.3 Å². The summed E-state index contributed by atoms with van der Waals surface area (Å²) >= 11 is 0. The number of nitrogens with zero attached hydrogens (tertiary/aromatic N) is 2. The first-order valence-corrected chi connectivity index (χ1v) is 7.02. The fourth-order valence-corrected chi connectivity index (χ4v) is 2.49. The molecule has 0 saturated heterocycles. The first-order chi connectivity index (χ1) is 9.54. The van der Waals surface area contributed by atoms with Crippen molar-refractivity contribution in [3.63, 3.8) is 0 Å². The Labute approximate surface area is 120 Å². The summed E-state index contributed by atoms with van der Waals surface area (Å²) in [4.78, 5) is 4.07. The summed E-state index contributed by atoms with van der Waals surface area (Å²) in [5.41, 5.74) is 4.14. The summed E-state index contributed by atoms with van der Waals surface area (Å²) in [7, 11) is 0. The minimum atomic E-state index is 0.196. The van der Waals surface area contributed by atoms with Gasteiger partial charge in [-0.25, -0.2) is 0 Å². The topological polar surface area (TPSA) is 17.8 Å². The standard InChI is InChI=1S/C18H20N2/c1-18(2,3)16-4-5-17-15(12-16)8-11-20(17)13-14-6-9-19-10-7-14/h4-12H,13H2,1-3H3. The Balaban J connectivity index is 1.98. The van der Waals surface area contributed by atoms with Crippen molar-refractivity contribution in [3.05, 3.63) is 66.1 Å². The predicted octanol–water partition coefficient (Wildman–Crippen LogP) is 4.38. The van der Waals surface area contributed by atoms with Crippen molar-refractivity contribution < 1.29 is 0 Å². The van der Waals surface area contributed by atoms with Gasteiger partial charge in [0, 0.05) is 30.7 Å². The molecule has 0 aliphatic rings. The van der Waals surface area contributed by atoms with E-state index in [1.165, 1.54) is 22.0 Å². The molecule has 0 amide bonds. The van der Waals surface area contributed by atoms with Crippen LogP contribution in [0.5, 0.6) is 0 Å². The van der Waals surface area contributed by atoms with Crippen molar-refractivity contribution in [3.8, 4) is 0 Å². The molecule has 0 bridgehead atoms. The van der Waals surface area contributed by atoms with Crippen LogP contribution in [0, 0.1) is 0 Å². The van der Waals surface area contributed by atoms with Crippen LogP contribution in [0.2, 0.25) is 0 Å². The molecule has 20 heavy (non-hydrogen) atoms. The highest BCUT2D eigenvalue weighted by molar-refractivity contribution is 5.81. The van der Waals surface area contributed by atoms with E-state index in [9.17, 15) is 0 Å². The molecule has 3 aromatic rings. The fraction of sp³-hybridized carbons (Fsp3) is 0.278. The quantitative estimate of drug-likeness (QED) is 0.671. The third-order valence-electron chi connectivity index (χ3n) is 3.74. The maximum atomic E-state index is 4.07. The molecule has 0 aliphatic heterocycles. The lowest BCUT2D eigenvalue weighted by Crippen LogP contribution is -2.10. The first-order valence-electron chi connectivity index (χ1n) is 7.02. The van der Waals surface area contributed by atoms with Crippen molar-refractivity contribution >= 4 is 10.9 Å². The molecule has 1 aromatic carbocycles. The maximum Gasteiger partial charge on any atom is 0.0483 e. The Hall–Kier alpha value is -2.09. The molecule has 0 aliphatic carbocycles. The summed E-state index contributed by atoms with van der Waals surface area (Å²) in [6, 6.07) is 13.1. The Morgan fingerprint density at radius 2 is 1.75 bits per heavy atom. The summed E-state index contributed by atoms with van der Waals surface area (Å²) in [6.45, 7) is 7.65. The molecule has 3 rings (SSSR count). The zero-order valence-electron chi connectivity index (χ0n) is 12.3. The Bertz CT molecular complexity index is 718. The normalized spacial score (nSPS) is 11.9. The van der Waals surface area contributed by atoms with Crippen LogP contribution >= 0.6 is 0 Å². The first kappa shape index (κ1) is 12.9. The number of pyridine rings is 1. The van der Waals surface area contributed by atoms with Crippen LogP contribution in [-0.4, -0.2) is 9.55 Å². The van der Waals surface area contributed by atoms with E-state index in [0.29, 0.717) is 0 Å². The van der Waals surface area contributed by atoms with Crippen LogP contribution in [-0.2, 0) is 12.0 Å². The molecule has 0 radical (unpaired) electrons. The number of fused-ring (bicyclic) bond motifs is 1. The Morgan fingerprint density at radius 3 is 2.45 bits per heavy atom. The molecule has 0 saturated carbocycles. The molecule has 0 unspecified atom stereocenters. The van der Waals surface area contributed by atoms with Crippen LogP contribution < -0.4 is 0 Å². The lowest BCUT2D eigenvalue weighted by atomic mass is 9.86. The highest BCUT2D eigenvalue weighted by Crippen LogP contribution is 2.26. The average Bonchev–Trinajstić information content (AvgIpc) is 2.81. The number of rotatable bonds is 2. The van der Waals surface area contributed by atoms with Crippen molar-refractivity contribution in [2.45, 2.75) is 32.7 Å². The number of benzene rings is 1. The SMILES string of the molecule is CC(C)(C)c1ccc2c(ccn2Cc2ccncc2)c1. The van der Waals surface area contributed by atoms with Crippen molar-refractivity contribution in [1.82, 2.24) is 9.55 Å². The molecule has 2 nitrogen and oxygen atoms in total. The highest BCUT2D eigenvalue weighted by Gasteiger charge is 2.14. The summed E-state index contributed by atoms with van der Waals surface area (Å²) in [6.07, 6.45) is 5.86. The highest BCUT2D eigenvalue weighted by atomic mass is 14.9. The van der Waals surface area contributed by atoms with E-state index in [4.69, 9.17) is 0 Å². The van der Waals surface area contributed by atoms with Gasteiger partial charge in [-0.15, -0.1) is 0 Å². The van der Waals surface area contributed by atoms with E-state index < -0.39 is 0 Å². The van der Waals surface area contributed by atoms with Gasteiger partial charge in [0.1, 0.15) is 0 Å². The van der Waals surface area contributed by atoms with Crippen LogP contribution in [0.25, 0.3) is 10.9 Å². The molecule has 2 heteroatoms. The van der Waals surface area contributed by atoms with Gasteiger partial charge in [0.15, 0.2) is 0 Å². The van der Waals surface area contributed by atoms with Crippen LogP contribution in [0.3, 0.4) is 0 Å². The second-order valence-electron chi connectivity index (χ2n) is 6.32. The molecular formula is C18H20N2. The minimum Gasteiger partial charge on any atom is -0.343 e. The van der Waals surface area contributed by atoms with Crippen LogP contribution in [0.1, 0.15) is 31.9 Å². The zero-order chi connectivity index (χ0) is 14.2. The molecule has 2 aromatic heterocycles. The number of hydrogen-bond donors (Lipinski definition) is 0. The second kappa shape index (κ2) is 4.78. The molecule has 2 heterocycles. The van der Waals surface area contributed by atoms with Gasteiger partial charge in [0.05, 0.1) is 0 Å². The smallest absolute Gasteiger partial charge is 0.0483 e. The summed E-state index contributed by atoms with van der Waals surface area (Å²) in [5, 5.41) is 1.31. The monoisotopic (exact) mass is 264 g/mol. The summed E-state index contributed by atoms with van der Waals surface area (Å²) in [5.74, 6) is 0. The fourth-order valence-electron chi connectivity index (χ4n) is 2.49. The third-order valence-corrected chi connectivity index (χ3v) is 3.74. The van der Waals surface area contributed by atoms with E-state index in [1.807, 2.05) is 12.4 Å². The van der Waals surface area contributed by atoms with Gasteiger partial charge in [-0.1, -0.05) is 26.8 Å². The second-order valence-corrected chi connectivity index (χ2v) is 6.32. The van der Waals surface area contributed by atoms with Crippen molar-refractivity contribution in [2.24, 2.45) is 0 Å². The van der Waals surface area contributed by atoms with Gasteiger partial charge in [0.2, 0.25) is 0 Å². The Kier molecular flexibility index (Phi) is 3.09. The third kappa shape index (κ3) is 2.46. The molecular weight excluding hydrogens is 244 g/mol. The minimum absolute atomic E-state index is 0.196. The van der Waals surface area contributed by atoms with E-state index in [0.717, 1.165) is 6.54 Å². The molecule has 0 atom stereocenters. The molecule has 102 valence electrons. The van der Waals surface area contributed by atoms with E-state index >= 15 is 0 Å². The molecule has 0 spiro atoms. The van der Waals surface area contributed by atoms with Gasteiger partial charge in [-0.2, -0.15) is 0 Å². The molecule has 0 N–H and O–H groups in total. The predicted molar refractivity (Wildman–Crippen MR) is 84.0 cm³/mol. The van der Waals surface area contributed by atoms with Crippen LogP contribution in [0.15, 0.2) is 55.0 Å². The zero-order valence-corrected chi connectivity index (χ0v) is 12.3. The number of hydrogen-bond acceptors (Lipinski definition) is 1. The molecule has 0 fully saturated rings. The largest absolute Gasteiger partial charge is 0.343 e.